The van der Waals surface area contributed by atoms with E-state index in [9.17, 15) is 15.0 Å². The predicted molar refractivity (Wildman–Crippen MR) is 125 cm³/mol. The Balaban J connectivity index is 1.55. The molecule has 11 heteroatoms. The molecule has 0 radical (unpaired) electrons. The number of thioether (sulfide) groups is 1. The minimum atomic E-state index is -0.349. The van der Waals surface area contributed by atoms with Crippen molar-refractivity contribution in [2.75, 3.05) is 11.1 Å². The molecule has 3 aromatic rings. The Morgan fingerprint density at radius 2 is 2.00 bits per heavy atom. The summed E-state index contributed by atoms with van der Waals surface area (Å²) < 4.78 is 1.87. The number of aromatic hydroxyl groups is 2. The van der Waals surface area contributed by atoms with Crippen molar-refractivity contribution in [1.29, 1.82) is 0 Å². The van der Waals surface area contributed by atoms with Gasteiger partial charge in [0.2, 0.25) is 0 Å². The number of nitrogens with one attached hydrogen (secondary N) is 2. The first kappa shape index (κ1) is 23.2. The zero-order valence-corrected chi connectivity index (χ0v) is 18.5. The Labute approximate surface area is 193 Å². The van der Waals surface area contributed by atoms with Crippen molar-refractivity contribution in [3.05, 3.63) is 71.5 Å². The molecule has 2 aromatic carbocycles. The summed E-state index contributed by atoms with van der Waals surface area (Å²) in [5.74, 6) is 0.210. The fourth-order valence-electron chi connectivity index (χ4n) is 2.60. The molecule has 0 saturated heterocycles. The molecule has 1 amide bonds. The lowest BCUT2D eigenvalue weighted by Crippen LogP contribution is -2.20. The van der Waals surface area contributed by atoms with E-state index >= 15 is 0 Å². The first-order valence-corrected chi connectivity index (χ1v) is 10.8. The minimum absolute atomic E-state index is 0.0635. The highest BCUT2D eigenvalue weighted by atomic mass is 35.5. The van der Waals surface area contributed by atoms with Crippen LogP contribution in [0.2, 0.25) is 5.02 Å². The Hall–Kier alpha value is -3.50. The number of rotatable bonds is 10. The molecular weight excluding hydrogens is 452 g/mol. The first-order valence-electron chi connectivity index (χ1n) is 9.45. The molecule has 0 spiro atoms. The maximum atomic E-state index is 12.1. The van der Waals surface area contributed by atoms with Gasteiger partial charge in [0.15, 0.2) is 11.0 Å². The van der Waals surface area contributed by atoms with E-state index in [2.05, 4.69) is 32.6 Å². The summed E-state index contributed by atoms with van der Waals surface area (Å²) in [7, 11) is 0. The molecule has 4 N–H and O–H groups in total. The van der Waals surface area contributed by atoms with Gasteiger partial charge in [-0.15, -0.1) is 16.8 Å². The van der Waals surface area contributed by atoms with Crippen LogP contribution in [0.4, 0.5) is 5.69 Å². The van der Waals surface area contributed by atoms with Crippen LogP contribution in [0.15, 0.2) is 65.4 Å². The average molecular weight is 473 g/mol. The summed E-state index contributed by atoms with van der Waals surface area (Å²) in [4.78, 5) is 12.1. The molecular formula is C21H21ClN6O3S. The zero-order valence-electron chi connectivity index (χ0n) is 16.9. The number of hydrogen-bond acceptors (Lipinski definition) is 8. The summed E-state index contributed by atoms with van der Waals surface area (Å²) >= 11 is 7.12. The second kappa shape index (κ2) is 11.2. The number of hydrogen-bond donors (Lipinski definition) is 4. The van der Waals surface area contributed by atoms with Crippen LogP contribution in [0.3, 0.4) is 0 Å². The van der Waals surface area contributed by atoms with Crippen molar-refractivity contribution >= 4 is 41.2 Å². The molecule has 0 aliphatic heterocycles. The van der Waals surface area contributed by atoms with Crippen molar-refractivity contribution in [3.63, 3.8) is 0 Å². The van der Waals surface area contributed by atoms with E-state index in [0.29, 0.717) is 34.7 Å². The Kier molecular flexibility index (Phi) is 8.12. The van der Waals surface area contributed by atoms with E-state index in [1.54, 1.807) is 18.2 Å². The van der Waals surface area contributed by atoms with Gasteiger partial charge in [-0.05, 0) is 36.4 Å². The van der Waals surface area contributed by atoms with E-state index in [1.165, 1.54) is 36.2 Å². The molecule has 0 aliphatic carbocycles. The summed E-state index contributed by atoms with van der Waals surface area (Å²) in [5, 5.41) is 35.7. The lowest BCUT2D eigenvalue weighted by Gasteiger charge is -2.09. The predicted octanol–water partition coefficient (Wildman–Crippen LogP) is 3.38. The topological polar surface area (TPSA) is 125 Å². The lowest BCUT2D eigenvalue weighted by molar-refractivity contribution is -0.118. The number of aromatic nitrogens is 3. The minimum Gasteiger partial charge on any atom is -0.508 e. The van der Waals surface area contributed by atoms with E-state index < -0.39 is 0 Å². The van der Waals surface area contributed by atoms with E-state index in [1.807, 2.05) is 16.7 Å². The van der Waals surface area contributed by atoms with Crippen molar-refractivity contribution in [3.8, 4) is 11.5 Å². The monoisotopic (exact) mass is 472 g/mol. The van der Waals surface area contributed by atoms with Crippen LogP contribution in [0.1, 0.15) is 11.4 Å². The summed E-state index contributed by atoms with van der Waals surface area (Å²) in [6, 6.07) is 11.4. The van der Waals surface area contributed by atoms with Crippen LogP contribution in [-0.4, -0.2) is 42.9 Å². The van der Waals surface area contributed by atoms with Crippen LogP contribution < -0.4 is 10.7 Å². The molecule has 1 heterocycles. The quantitative estimate of drug-likeness (QED) is 0.154. The summed E-state index contributed by atoms with van der Waals surface area (Å²) in [6.45, 7) is 4.70. The fraction of sp³-hybridized carbons (Fsp3) is 0.143. The molecule has 0 bridgehead atoms. The van der Waals surface area contributed by atoms with Crippen molar-refractivity contribution in [2.24, 2.45) is 5.10 Å². The highest BCUT2D eigenvalue weighted by molar-refractivity contribution is 7.99. The number of carbonyl (C=O) groups is 1. The smallest absolute Gasteiger partial charge is 0.250 e. The second-order valence-corrected chi connectivity index (χ2v) is 7.86. The van der Waals surface area contributed by atoms with Crippen LogP contribution >= 0.6 is 23.4 Å². The van der Waals surface area contributed by atoms with Gasteiger partial charge in [-0.2, -0.15) is 5.10 Å². The van der Waals surface area contributed by atoms with Gasteiger partial charge in [-0.1, -0.05) is 29.4 Å². The molecule has 1 aromatic heterocycles. The number of nitrogens with zero attached hydrogens (tertiary/aromatic N) is 4. The standard InChI is InChI=1S/C21H21ClN6O3S/c1-2-9-28-19(12-23-16-6-4-15(22)5-7-16)25-27-21(28)32-13-20(31)26-24-11-14-3-8-17(29)10-18(14)30/h2-8,10-11,23,29-30H,1,9,12-13H2,(H,26,31). The van der Waals surface area contributed by atoms with Crippen LogP contribution in [0, 0.1) is 0 Å². The maximum Gasteiger partial charge on any atom is 0.250 e. The molecule has 0 unspecified atom stereocenters. The van der Waals surface area contributed by atoms with Crippen molar-refractivity contribution in [2.45, 2.75) is 18.2 Å². The highest BCUT2D eigenvalue weighted by Crippen LogP contribution is 2.21. The van der Waals surface area contributed by atoms with Crippen molar-refractivity contribution in [1.82, 2.24) is 20.2 Å². The first-order chi connectivity index (χ1) is 15.5. The molecule has 0 aliphatic rings. The molecule has 0 fully saturated rings. The Morgan fingerprint density at radius 3 is 2.72 bits per heavy atom. The second-order valence-electron chi connectivity index (χ2n) is 6.48. The van der Waals surface area contributed by atoms with Gasteiger partial charge >= 0.3 is 0 Å². The number of hydrazone groups is 1. The number of allylic oxidation sites excluding steroid dienone is 1. The number of carbonyl (C=O) groups excluding carboxylic acids is 1. The van der Waals surface area contributed by atoms with Gasteiger partial charge in [-0.3, -0.25) is 4.79 Å². The van der Waals surface area contributed by atoms with E-state index in [0.717, 1.165) is 5.69 Å². The number of phenols is 2. The van der Waals surface area contributed by atoms with Gasteiger partial charge in [0.25, 0.3) is 5.91 Å². The molecule has 32 heavy (non-hydrogen) atoms. The van der Waals surface area contributed by atoms with Gasteiger partial charge in [-0.25, -0.2) is 5.43 Å². The molecule has 0 atom stereocenters. The highest BCUT2D eigenvalue weighted by Gasteiger charge is 2.13. The maximum absolute atomic E-state index is 12.1. The fourth-order valence-corrected chi connectivity index (χ4v) is 3.48. The van der Waals surface area contributed by atoms with Gasteiger partial charge in [0, 0.05) is 28.9 Å². The number of phenolic OH excluding ortho intramolecular Hbond substituents is 2. The van der Waals surface area contributed by atoms with Gasteiger partial charge in [0.05, 0.1) is 18.5 Å². The third kappa shape index (κ3) is 6.50. The Morgan fingerprint density at radius 1 is 1.22 bits per heavy atom. The van der Waals surface area contributed by atoms with Crippen molar-refractivity contribution < 1.29 is 15.0 Å². The number of halogens is 1. The van der Waals surface area contributed by atoms with Crippen LogP contribution in [0.5, 0.6) is 11.5 Å². The Bertz CT molecular complexity index is 1120. The molecule has 166 valence electrons. The van der Waals surface area contributed by atoms with E-state index in [4.69, 9.17) is 11.6 Å². The number of amides is 1. The molecule has 0 saturated carbocycles. The third-order valence-corrected chi connectivity index (χ3v) is 5.36. The van der Waals surface area contributed by atoms with Crippen LogP contribution in [-0.2, 0) is 17.9 Å². The lowest BCUT2D eigenvalue weighted by atomic mass is 10.2. The normalized spacial score (nSPS) is 10.9. The SMILES string of the molecule is C=CCn1c(CNc2ccc(Cl)cc2)nnc1SCC(=O)NN=Cc1ccc(O)cc1O. The van der Waals surface area contributed by atoms with E-state index in [-0.39, 0.29) is 23.2 Å². The third-order valence-electron chi connectivity index (χ3n) is 4.14. The van der Waals surface area contributed by atoms with Crippen LogP contribution in [0.25, 0.3) is 0 Å². The molecule has 9 nitrogen and oxygen atoms in total. The largest absolute Gasteiger partial charge is 0.508 e. The summed E-state index contributed by atoms with van der Waals surface area (Å²) in [5.41, 5.74) is 3.65. The number of benzene rings is 2. The van der Waals surface area contributed by atoms with Gasteiger partial charge in [0.1, 0.15) is 11.5 Å². The number of anilines is 1. The van der Waals surface area contributed by atoms with Gasteiger partial charge < -0.3 is 20.1 Å². The average Bonchev–Trinajstić information content (AvgIpc) is 3.15. The zero-order chi connectivity index (χ0) is 22.9. The summed E-state index contributed by atoms with van der Waals surface area (Å²) in [6.07, 6.45) is 3.02. The molecule has 3 rings (SSSR count).